The van der Waals surface area contributed by atoms with E-state index in [-0.39, 0.29) is 5.91 Å². The maximum atomic E-state index is 12.0. The number of ether oxygens (including phenoxy) is 1. The average Bonchev–Trinajstić information content (AvgIpc) is 2.83. The molecule has 5 nitrogen and oxygen atoms in total. The first kappa shape index (κ1) is 14.5. The highest BCUT2D eigenvalue weighted by Gasteiger charge is 2.35. The minimum absolute atomic E-state index is 0.337. The molecule has 0 bridgehead atoms. The summed E-state index contributed by atoms with van der Waals surface area (Å²) >= 11 is 6.68. The van der Waals surface area contributed by atoms with Crippen molar-refractivity contribution in [3.8, 4) is 0 Å². The lowest BCUT2D eigenvalue weighted by atomic mass is 10.2. The summed E-state index contributed by atoms with van der Waals surface area (Å²) in [4.78, 5) is 22.8. The van der Waals surface area contributed by atoms with Crippen molar-refractivity contribution in [1.29, 1.82) is 0 Å². The second kappa shape index (κ2) is 6.02. The second-order valence-corrected chi connectivity index (χ2v) is 5.82. The molecule has 1 aromatic rings. The lowest BCUT2D eigenvalue weighted by molar-refractivity contribution is -0.150. The minimum Gasteiger partial charge on any atom is -0.479 e. The van der Waals surface area contributed by atoms with Gasteiger partial charge in [-0.3, -0.25) is 4.79 Å². The largest absolute Gasteiger partial charge is 0.479 e. The van der Waals surface area contributed by atoms with E-state index in [4.69, 9.17) is 9.84 Å². The van der Waals surface area contributed by atoms with Gasteiger partial charge in [-0.05, 0) is 56.8 Å². The Bertz CT molecular complexity index is 500. The molecule has 0 aromatic heterocycles. The number of hydrogen-bond acceptors (Lipinski definition) is 3. The number of carboxylic acid groups (broad SMARTS) is 1. The Kier molecular flexibility index (Phi) is 4.59. The van der Waals surface area contributed by atoms with Gasteiger partial charge < -0.3 is 15.2 Å². The SMILES string of the molecule is O=C(Nc1c(Br)cccc1Br)[C@@H]1CC[C@H](C(=O)O)O1. The Morgan fingerprint density at radius 1 is 1.21 bits per heavy atom. The first-order valence-corrected chi connectivity index (χ1v) is 7.21. The average molecular weight is 393 g/mol. The number of hydrogen-bond donors (Lipinski definition) is 2. The van der Waals surface area contributed by atoms with Gasteiger partial charge in [0.25, 0.3) is 5.91 Å². The maximum absolute atomic E-state index is 12.0. The fourth-order valence-electron chi connectivity index (χ4n) is 1.83. The molecule has 2 rings (SSSR count). The summed E-state index contributed by atoms with van der Waals surface area (Å²) in [6.07, 6.45) is -0.853. The number of aliphatic carboxylic acids is 1. The highest BCUT2D eigenvalue weighted by atomic mass is 79.9. The molecule has 0 saturated carbocycles. The highest BCUT2D eigenvalue weighted by Crippen LogP contribution is 2.31. The summed E-state index contributed by atoms with van der Waals surface area (Å²) in [5.74, 6) is -1.37. The molecule has 1 aliphatic heterocycles. The van der Waals surface area contributed by atoms with Crippen molar-refractivity contribution in [2.75, 3.05) is 5.32 Å². The van der Waals surface area contributed by atoms with Crippen LogP contribution in [-0.4, -0.2) is 29.2 Å². The first-order chi connectivity index (χ1) is 8.99. The van der Waals surface area contributed by atoms with E-state index in [1.54, 1.807) is 12.1 Å². The smallest absolute Gasteiger partial charge is 0.332 e. The lowest BCUT2D eigenvalue weighted by Crippen LogP contribution is -2.30. The number of para-hydroxylation sites is 1. The number of carbonyl (C=O) groups is 2. The zero-order valence-electron chi connectivity index (χ0n) is 9.73. The van der Waals surface area contributed by atoms with E-state index < -0.39 is 18.2 Å². The Hall–Kier alpha value is -0.920. The highest BCUT2D eigenvalue weighted by molar-refractivity contribution is 9.11. The Morgan fingerprint density at radius 2 is 1.79 bits per heavy atom. The van der Waals surface area contributed by atoms with Crippen molar-refractivity contribution in [2.24, 2.45) is 0 Å². The first-order valence-electron chi connectivity index (χ1n) is 5.62. The maximum Gasteiger partial charge on any atom is 0.332 e. The van der Waals surface area contributed by atoms with Crippen molar-refractivity contribution < 1.29 is 19.4 Å². The summed E-state index contributed by atoms with van der Waals surface area (Å²) in [5, 5.41) is 11.5. The molecule has 1 fully saturated rings. The van der Waals surface area contributed by atoms with E-state index >= 15 is 0 Å². The number of rotatable bonds is 3. The summed E-state index contributed by atoms with van der Waals surface area (Å²) < 4.78 is 6.67. The van der Waals surface area contributed by atoms with Crippen LogP contribution in [0.1, 0.15) is 12.8 Å². The molecule has 19 heavy (non-hydrogen) atoms. The fraction of sp³-hybridized carbons (Fsp3) is 0.333. The molecule has 1 heterocycles. The Labute approximate surface area is 126 Å². The van der Waals surface area contributed by atoms with Gasteiger partial charge in [0.1, 0.15) is 6.10 Å². The zero-order valence-corrected chi connectivity index (χ0v) is 12.9. The van der Waals surface area contributed by atoms with Crippen LogP contribution in [0.15, 0.2) is 27.1 Å². The summed E-state index contributed by atoms with van der Waals surface area (Å²) in [5.41, 5.74) is 0.606. The third-order valence-corrected chi connectivity index (χ3v) is 4.12. The number of nitrogens with one attached hydrogen (secondary N) is 1. The summed E-state index contributed by atoms with van der Waals surface area (Å²) in [6, 6.07) is 5.43. The third-order valence-electron chi connectivity index (χ3n) is 2.80. The fourth-order valence-corrected chi connectivity index (χ4v) is 3.03. The molecule has 0 unspecified atom stereocenters. The molecule has 0 radical (unpaired) electrons. The van der Waals surface area contributed by atoms with Crippen LogP contribution in [0, 0.1) is 0 Å². The van der Waals surface area contributed by atoms with E-state index in [1.807, 2.05) is 6.07 Å². The van der Waals surface area contributed by atoms with Crippen molar-refractivity contribution in [3.05, 3.63) is 27.1 Å². The van der Waals surface area contributed by atoms with Crippen LogP contribution in [0.2, 0.25) is 0 Å². The Balaban J connectivity index is 2.04. The normalized spacial score (nSPS) is 22.2. The number of amides is 1. The molecular weight excluding hydrogens is 382 g/mol. The monoisotopic (exact) mass is 391 g/mol. The van der Waals surface area contributed by atoms with Crippen molar-refractivity contribution in [2.45, 2.75) is 25.0 Å². The van der Waals surface area contributed by atoms with Crippen LogP contribution >= 0.6 is 31.9 Å². The van der Waals surface area contributed by atoms with Gasteiger partial charge in [0.2, 0.25) is 0 Å². The van der Waals surface area contributed by atoms with Crippen molar-refractivity contribution >= 4 is 49.4 Å². The number of carboxylic acids is 1. The van der Waals surface area contributed by atoms with Crippen LogP contribution in [0.5, 0.6) is 0 Å². The topological polar surface area (TPSA) is 75.6 Å². The summed E-state index contributed by atoms with van der Waals surface area (Å²) in [7, 11) is 0. The van der Waals surface area contributed by atoms with Gasteiger partial charge in [0.15, 0.2) is 6.10 Å². The van der Waals surface area contributed by atoms with E-state index in [1.165, 1.54) is 0 Å². The van der Waals surface area contributed by atoms with Gasteiger partial charge in [-0.1, -0.05) is 6.07 Å². The van der Waals surface area contributed by atoms with Crippen LogP contribution < -0.4 is 5.32 Å². The number of benzene rings is 1. The molecule has 2 N–H and O–H groups in total. The van der Waals surface area contributed by atoms with E-state index in [9.17, 15) is 9.59 Å². The molecule has 0 spiro atoms. The van der Waals surface area contributed by atoms with Gasteiger partial charge >= 0.3 is 5.97 Å². The molecular formula is C12H11Br2NO4. The predicted octanol–water partition coefficient (Wildman–Crippen LogP) is 2.78. The molecule has 1 aliphatic rings. The number of anilines is 1. The van der Waals surface area contributed by atoms with Crippen molar-refractivity contribution in [1.82, 2.24) is 0 Å². The lowest BCUT2D eigenvalue weighted by Gasteiger charge is -2.14. The van der Waals surface area contributed by atoms with Gasteiger partial charge in [-0.2, -0.15) is 0 Å². The van der Waals surface area contributed by atoms with Crippen molar-refractivity contribution in [3.63, 3.8) is 0 Å². The van der Waals surface area contributed by atoms with Gasteiger partial charge in [-0.25, -0.2) is 4.79 Å². The van der Waals surface area contributed by atoms with Gasteiger partial charge in [-0.15, -0.1) is 0 Å². The molecule has 7 heteroatoms. The quantitative estimate of drug-likeness (QED) is 0.829. The molecule has 1 saturated heterocycles. The summed E-state index contributed by atoms with van der Waals surface area (Å²) in [6.45, 7) is 0. The molecule has 0 aliphatic carbocycles. The standard InChI is InChI=1S/C12H11Br2NO4/c13-6-2-1-3-7(14)10(6)15-11(16)8-4-5-9(19-8)12(17)18/h1-3,8-9H,4-5H2,(H,15,16)(H,17,18)/t8-,9+/m0/s1. The van der Waals surface area contributed by atoms with Crippen LogP contribution in [0.3, 0.4) is 0 Å². The zero-order chi connectivity index (χ0) is 14.0. The molecule has 1 aromatic carbocycles. The predicted molar refractivity (Wildman–Crippen MR) is 76.0 cm³/mol. The van der Waals surface area contributed by atoms with Gasteiger partial charge in [0, 0.05) is 8.95 Å². The van der Waals surface area contributed by atoms with Crippen LogP contribution in [0.4, 0.5) is 5.69 Å². The number of carbonyl (C=O) groups excluding carboxylic acids is 1. The number of halogens is 2. The molecule has 1 amide bonds. The second-order valence-electron chi connectivity index (χ2n) is 4.11. The molecule has 2 atom stereocenters. The minimum atomic E-state index is -1.03. The third kappa shape index (κ3) is 3.34. The van der Waals surface area contributed by atoms with Crippen LogP contribution in [0.25, 0.3) is 0 Å². The van der Waals surface area contributed by atoms with Crippen LogP contribution in [-0.2, 0) is 14.3 Å². The van der Waals surface area contributed by atoms with E-state index in [0.29, 0.717) is 18.5 Å². The Morgan fingerprint density at radius 3 is 2.32 bits per heavy atom. The van der Waals surface area contributed by atoms with Gasteiger partial charge in [0.05, 0.1) is 5.69 Å². The van der Waals surface area contributed by atoms with E-state index in [0.717, 1.165) is 8.95 Å². The van der Waals surface area contributed by atoms with E-state index in [2.05, 4.69) is 37.2 Å². The molecule has 102 valence electrons.